The summed E-state index contributed by atoms with van der Waals surface area (Å²) in [7, 11) is 0. The summed E-state index contributed by atoms with van der Waals surface area (Å²) >= 11 is 0. The van der Waals surface area contributed by atoms with Crippen LogP contribution >= 0.6 is 0 Å². The first kappa shape index (κ1) is 27.2. The van der Waals surface area contributed by atoms with Gasteiger partial charge in [-0.3, -0.25) is 0 Å². The normalized spacial score (nSPS) is 27.0. The molecule has 1 heterocycles. The van der Waals surface area contributed by atoms with Crippen molar-refractivity contribution in [3.05, 3.63) is 58.7 Å². The van der Waals surface area contributed by atoms with Crippen LogP contribution in [-0.4, -0.2) is 40.3 Å². The van der Waals surface area contributed by atoms with Gasteiger partial charge in [-0.25, -0.2) is 0 Å². The molecule has 2 aliphatic rings. The molecule has 2 unspecified atom stereocenters. The van der Waals surface area contributed by atoms with E-state index in [0.717, 1.165) is 18.4 Å². The summed E-state index contributed by atoms with van der Waals surface area (Å²) in [6.07, 6.45) is -2.99. The molecule has 3 N–H and O–H groups in total. The van der Waals surface area contributed by atoms with Gasteiger partial charge < -0.3 is 20.4 Å². The summed E-state index contributed by atoms with van der Waals surface area (Å²) in [6.45, 7) is 2.84. The maximum Gasteiger partial charge on any atom is 0.416 e. The van der Waals surface area contributed by atoms with E-state index in [1.807, 2.05) is 18.2 Å². The second-order valence-corrected chi connectivity index (χ2v) is 9.08. The first-order valence-electron chi connectivity index (χ1n) is 11.1. The standard InChI is InChI=1S/C24H28F6N2O3/c1-15(17-10-19(23(25,26)27)12-20(11-17)24(28,29)30)35-14-21(18-6-4-3-5-7-18)8-9-22(33,13-31-21)16(2)32-34/h4,6-7,10-12,15,31,33-34H,3,5,8-9,13-14H2,1-2H3/b32-16+/t15?,21-,22?/m1/s1. The Bertz CT molecular complexity index is 973. The van der Waals surface area contributed by atoms with Gasteiger partial charge in [0, 0.05) is 6.54 Å². The van der Waals surface area contributed by atoms with E-state index in [-0.39, 0.29) is 36.9 Å². The lowest BCUT2D eigenvalue weighted by Gasteiger charge is -2.46. The van der Waals surface area contributed by atoms with Crippen molar-refractivity contribution in [1.82, 2.24) is 5.32 Å². The van der Waals surface area contributed by atoms with Crippen LogP contribution in [-0.2, 0) is 17.1 Å². The van der Waals surface area contributed by atoms with Gasteiger partial charge in [-0.05, 0) is 68.9 Å². The first-order valence-corrected chi connectivity index (χ1v) is 11.1. The van der Waals surface area contributed by atoms with Crippen molar-refractivity contribution in [3.63, 3.8) is 0 Å². The Morgan fingerprint density at radius 1 is 1.09 bits per heavy atom. The van der Waals surface area contributed by atoms with Gasteiger partial charge in [0.1, 0.15) is 5.60 Å². The molecule has 1 aromatic rings. The molecular weight excluding hydrogens is 478 g/mol. The summed E-state index contributed by atoms with van der Waals surface area (Å²) in [6, 6.07) is 1.42. The van der Waals surface area contributed by atoms with Crippen molar-refractivity contribution in [2.75, 3.05) is 13.2 Å². The highest BCUT2D eigenvalue weighted by Gasteiger charge is 2.45. The topological polar surface area (TPSA) is 74.1 Å². The lowest BCUT2D eigenvalue weighted by Crippen LogP contribution is -2.63. The van der Waals surface area contributed by atoms with Crippen molar-refractivity contribution in [1.29, 1.82) is 0 Å². The average molecular weight is 506 g/mol. The van der Waals surface area contributed by atoms with E-state index < -0.39 is 40.7 Å². The monoisotopic (exact) mass is 506 g/mol. The molecule has 1 aliphatic heterocycles. The van der Waals surface area contributed by atoms with Crippen LogP contribution in [0.15, 0.2) is 47.2 Å². The Morgan fingerprint density at radius 2 is 1.71 bits per heavy atom. The molecule has 194 valence electrons. The zero-order valence-electron chi connectivity index (χ0n) is 19.3. The molecule has 0 amide bonds. The van der Waals surface area contributed by atoms with E-state index in [4.69, 9.17) is 9.94 Å². The Hall–Kier alpha value is -2.37. The Kier molecular flexibility index (Phi) is 7.73. The number of rotatable bonds is 6. The molecular formula is C24H28F6N2O3. The van der Waals surface area contributed by atoms with Crippen LogP contribution in [0.1, 0.15) is 62.3 Å². The van der Waals surface area contributed by atoms with Crippen molar-refractivity contribution in [2.24, 2.45) is 5.16 Å². The lowest BCUT2D eigenvalue weighted by atomic mass is 9.75. The smallest absolute Gasteiger partial charge is 0.411 e. The van der Waals surface area contributed by atoms with E-state index in [1.54, 1.807) is 0 Å². The number of halogens is 6. The zero-order valence-corrected chi connectivity index (χ0v) is 19.3. The maximum atomic E-state index is 13.3. The highest BCUT2D eigenvalue weighted by molar-refractivity contribution is 5.90. The Labute approximate surface area is 199 Å². The molecule has 0 spiro atoms. The van der Waals surface area contributed by atoms with Crippen molar-refractivity contribution in [2.45, 2.75) is 69.1 Å². The minimum Gasteiger partial charge on any atom is -0.411 e. The van der Waals surface area contributed by atoms with Gasteiger partial charge in [0.05, 0.1) is 35.1 Å². The van der Waals surface area contributed by atoms with E-state index in [1.165, 1.54) is 13.8 Å². The van der Waals surface area contributed by atoms with Crippen molar-refractivity contribution >= 4 is 5.71 Å². The number of piperidine rings is 1. The molecule has 0 saturated carbocycles. The number of oxime groups is 1. The fourth-order valence-corrected chi connectivity index (χ4v) is 4.31. The number of ether oxygens (including phenoxy) is 1. The predicted molar refractivity (Wildman–Crippen MR) is 117 cm³/mol. The van der Waals surface area contributed by atoms with Crippen LogP contribution in [0.4, 0.5) is 26.3 Å². The van der Waals surface area contributed by atoms with Gasteiger partial charge in [-0.1, -0.05) is 23.4 Å². The van der Waals surface area contributed by atoms with Crippen LogP contribution in [0.3, 0.4) is 0 Å². The third-order valence-electron chi connectivity index (χ3n) is 6.71. The number of allylic oxidation sites excluding steroid dienone is 2. The van der Waals surface area contributed by atoms with Crippen LogP contribution in [0, 0.1) is 0 Å². The number of hydrogen-bond donors (Lipinski definition) is 3. The summed E-state index contributed by atoms with van der Waals surface area (Å²) in [5, 5.41) is 26.2. The Balaban J connectivity index is 1.87. The number of nitrogens with zero attached hydrogens (tertiary/aromatic N) is 1. The molecule has 0 bridgehead atoms. The highest BCUT2D eigenvalue weighted by atomic mass is 19.4. The molecule has 5 nitrogen and oxygen atoms in total. The predicted octanol–water partition coefficient (Wildman–Crippen LogP) is 5.78. The molecule has 1 fully saturated rings. The van der Waals surface area contributed by atoms with E-state index in [9.17, 15) is 31.4 Å². The number of nitrogens with one attached hydrogen (secondary N) is 1. The maximum absolute atomic E-state index is 13.3. The molecule has 3 rings (SSSR count). The van der Waals surface area contributed by atoms with Crippen LogP contribution in [0.25, 0.3) is 0 Å². The fourth-order valence-electron chi connectivity index (χ4n) is 4.31. The molecule has 0 aromatic heterocycles. The molecule has 11 heteroatoms. The third kappa shape index (κ3) is 6.07. The highest BCUT2D eigenvalue weighted by Crippen LogP contribution is 2.39. The number of hydrogen-bond acceptors (Lipinski definition) is 5. The molecule has 1 aliphatic carbocycles. The minimum atomic E-state index is -4.95. The minimum absolute atomic E-state index is 0.0214. The lowest BCUT2D eigenvalue weighted by molar-refractivity contribution is -0.143. The van der Waals surface area contributed by atoms with Crippen LogP contribution in [0.5, 0.6) is 0 Å². The zero-order chi connectivity index (χ0) is 26.1. The Morgan fingerprint density at radius 3 is 2.17 bits per heavy atom. The molecule has 1 aromatic carbocycles. The van der Waals surface area contributed by atoms with Crippen LogP contribution in [0.2, 0.25) is 0 Å². The van der Waals surface area contributed by atoms with Crippen molar-refractivity contribution < 1.29 is 41.4 Å². The number of alkyl halides is 6. The summed E-state index contributed by atoms with van der Waals surface area (Å²) < 4.78 is 85.5. The quantitative estimate of drug-likeness (QED) is 0.198. The van der Waals surface area contributed by atoms with E-state index in [2.05, 4.69) is 10.5 Å². The van der Waals surface area contributed by atoms with Crippen LogP contribution < -0.4 is 5.32 Å². The average Bonchev–Trinajstić information content (AvgIpc) is 2.82. The molecule has 1 saturated heterocycles. The molecule has 35 heavy (non-hydrogen) atoms. The number of aliphatic hydroxyl groups is 1. The van der Waals surface area contributed by atoms with Crippen molar-refractivity contribution in [3.8, 4) is 0 Å². The summed E-state index contributed by atoms with van der Waals surface area (Å²) in [5.41, 5.74) is -4.28. The van der Waals surface area contributed by atoms with Gasteiger partial charge in [0.2, 0.25) is 0 Å². The van der Waals surface area contributed by atoms with Gasteiger partial charge in [0.25, 0.3) is 0 Å². The molecule has 0 radical (unpaired) electrons. The van der Waals surface area contributed by atoms with E-state index >= 15 is 0 Å². The fraction of sp³-hybridized carbons (Fsp3) is 0.542. The SMILES string of the molecule is C/C(=N\O)C1(O)CC[C@@](COC(C)c2cc(C(F)(F)F)cc(C(F)(F)F)c2)(C2=CCCC=C2)NC1. The van der Waals surface area contributed by atoms with Gasteiger partial charge in [-0.2, -0.15) is 26.3 Å². The third-order valence-corrected chi connectivity index (χ3v) is 6.71. The number of β-amino-alcohol motifs (C(OH)–C–C–N with tert-alkyl or cyclic N) is 1. The summed E-state index contributed by atoms with van der Waals surface area (Å²) in [5.74, 6) is 0. The first-order chi connectivity index (χ1) is 16.2. The number of benzene rings is 1. The second kappa shape index (κ2) is 9.94. The largest absolute Gasteiger partial charge is 0.416 e. The molecule has 3 atom stereocenters. The summed E-state index contributed by atoms with van der Waals surface area (Å²) in [4.78, 5) is 0. The van der Waals surface area contributed by atoms with Gasteiger partial charge >= 0.3 is 12.4 Å². The second-order valence-electron chi connectivity index (χ2n) is 9.08. The van der Waals surface area contributed by atoms with E-state index in [0.29, 0.717) is 18.6 Å². The van der Waals surface area contributed by atoms with Gasteiger partial charge in [0.15, 0.2) is 0 Å². The van der Waals surface area contributed by atoms with Gasteiger partial charge in [-0.15, -0.1) is 0 Å².